The van der Waals surface area contributed by atoms with Gasteiger partial charge in [-0.1, -0.05) is 19.8 Å². The van der Waals surface area contributed by atoms with Crippen molar-refractivity contribution < 1.29 is 9.90 Å². The van der Waals surface area contributed by atoms with Gasteiger partial charge in [-0.15, -0.1) is 0 Å². The van der Waals surface area contributed by atoms with E-state index in [1.807, 2.05) is 0 Å². The molecule has 1 atom stereocenters. The van der Waals surface area contributed by atoms with E-state index in [0.29, 0.717) is 5.25 Å². The zero-order valence-electron chi connectivity index (χ0n) is 7.62. The summed E-state index contributed by atoms with van der Waals surface area (Å²) in [6, 6.07) is 0. The van der Waals surface area contributed by atoms with Crippen molar-refractivity contribution >= 4 is 18.6 Å². The van der Waals surface area contributed by atoms with Gasteiger partial charge in [0.05, 0.1) is 0 Å². The zero-order valence-corrected chi connectivity index (χ0v) is 8.52. The van der Waals surface area contributed by atoms with Crippen molar-refractivity contribution in [3.8, 4) is 0 Å². The average molecular weight is 190 g/mol. The lowest BCUT2D eigenvalue weighted by molar-refractivity contribution is -0.137. The molecule has 0 saturated heterocycles. The zero-order chi connectivity index (χ0) is 9.40. The summed E-state index contributed by atoms with van der Waals surface area (Å²) in [5.41, 5.74) is 0. The summed E-state index contributed by atoms with van der Waals surface area (Å²) in [6.45, 7) is 2.15. The Balaban J connectivity index is 3.19. The van der Waals surface area contributed by atoms with Gasteiger partial charge in [0.25, 0.3) is 0 Å². The minimum atomic E-state index is -0.703. The number of carboxylic acid groups (broad SMARTS) is 1. The molecular formula is C9H18O2S. The second-order valence-corrected chi connectivity index (χ2v) is 3.81. The summed E-state index contributed by atoms with van der Waals surface area (Å²) in [5, 5.41) is 8.77. The molecule has 0 aliphatic heterocycles. The molecule has 12 heavy (non-hydrogen) atoms. The molecule has 0 spiro atoms. The highest BCUT2D eigenvalue weighted by molar-refractivity contribution is 7.80. The molecule has 1 N–H and O–H groups in total. The maximum atomic E-state index is 10.2. The number of hydrogen-bond donors (Lipinski definition) is 2. The number of unbranched alkanes of at least 4 members (excludes halogenated alkanes) is 1. The van der Waals surface area contributed by atoms with E-state index >= 15 is 0 Å². The van der Waals surface area contributed by atoms with Crippen LogP contribution < -0.4 is 0 Å². The van der Waals surface area contributed by atoms with Crippen LogP contribution in [0.3, 0.4) is 0 Å². The van der Waals surface area contributed by atoms with Gasteiger partial charge in [-0.25, -0.2) is 0 Å². The van der Waals surface area contributed by atoms with Crippen LogP contribution in [0.5, 0.6) is 0 Å². The van der Waals surface area contributed by atoms with Crippen molar-refractivity contribution in [2.24, 2.45) is 0 Å². The number of rotatable bonds is 7. The molecular weight excluding hydrogens is 172 g/mol. The van der Waals surface area contributed by atoms with Gasteiger partial charge in [0.2, 0.25) is 0 Å². The Hall–Kier alpha value is -0.180. The van der Waals surface area contributed by atoms with Crippen molar-refractivity contribution in [2.45, 2.75) is 50.7 Å². The minimum Gasteiger partial charge on any atom is -0.481 e. The molecule has 1 unspecified atom stereocenters. The van der Waals surface area contributed by atoms with Crippen molar-refractivity contribution in [3.05, 3.63) is 0 Å². The predicted molar refractivity (Wildman–Crippen MR) is 53.8 cm³/mol. The third-order valence-corrected chi connectivity index (χ3v) is 2.34. The van der Waals surface area contributed by atoms with Gasteiger partial charge < -0.3 is 5.11 Å². The van der Waals surface area contributed by atoms with Gasteiger partial charge in [0, 0.05) is 11.7 Å². The van der Waals surface area contributed by atoms with E-state index in [4.69, 9.17) is 5.11 Å². The Morgan fingerprint density at radius 1 is 1.42 bits per heavy atom. The average Bonchev–Trinajstić information content (AvgIpc) is 2.00. The second kappa shape index (κ2) is 7.47. The number of carboxylic acids is 1. The predicted octanol–water partition coefficient (Wildman–Crippen LogP) is 2.73. The molecule has 0 rings (SSSR count). The largest absolute Gasteiger partial charge is 0.481 e. The summed E-state index contributed by atoms with van der Waals surface area (Å²) in [7, 11) is 0. The maximum Gasteiger partial charge on any atom is 0.303 e. The van der Waals surface area contributed by atoms with E-state index in [2.05, 4.69) is 19.6 Å². The van der Waals surface area contributed by atoms with Gasteiger partial charge in [-0.3, -0.25) is 4.79 Å². The van der Waals surface area contributed by atoms with Crippen molar-refractivity contribution in [1.82, 2.24) is 0 Å². The lowest BCUT2D eigenvalue weighted by Gasteiger charge is -2.07. The normalized spacial score (nSPS) is 12.8. The quantitative estimate of drug-likeness (QED) is 0.606. The summed E-state index contributed by atoms with van der Waals surface area (Å²) < 4.78 is 0. The maximum absolute atomic E-state index is 10.2. The smallest absolute Gasteiger partial charge is 0.303 e. The highest BCUT2D eigenvalue weighted by Crippen LogP contribution is 2.13. The summed E-state index contributed by atoms with van der Waals surface area (Å²) in [6.07, 6.45) is 5.46. The van der Waals surface area contributed by atoms with Gasteiger partial charge >= 0.3 is 5.97 Å². The highest BCUT2D eigenvalue weighted by Gasteiger charge is 2.03. The van der Waals surface area contributed by atoms with Crippen LogP contribution in [0, 0.1) is 0 Å². The lowest BCUT2D eigenvalue weighted by Crippen LogP contribution is -2.01. The van der Waals surface area contributed by atoms with Gasteiger partial charge in [-0.2, -0.15) is 12.6 Å². The molecule has 0 heterocycles. The fourth-order valence-corrected chi connectivity index (χ4v) is 1.44. The van der Waals surface area contributed by atoms with Crippen LogP contribution in [0.2, 0.25) is 0 Å². The van der Waals surface area contributed by atoms with Crippen LogP contribution in [0.15, 0.2) is 0 Å². The number of carbonyl (C=O) groups is 1. The molecule has 0 radical (unpaired) electrons. The topological polar surface area (TPSA) is 37.3 Å². The molecule has 0 aromatic rings. The first-order chi connectivity index (χ1) is 5.66. The van der Waals surface area contributed by atoms with Crippen LogP contribution in [0.4, 0.5) is 0 Å². The van der Waals surface area contributed by atoms with Crippen molar-refractivity contribution in [3.63, 3.8) is 0 Å². The Morgan fingerprint density at radius 2 is 2.00 bits per heavy atom. The fraction of sp³-hybridized carbons (Fsp3) is 0.889. The number of thiol groups is 1. The highest BCUT2D eigenvalue weighted by atomic mass is 32.1. The summed E-state index contributed by atoms with van der Waals surface area (Å²) in [4.78, 5) is 10.2. The molecule has 0 aromatic carbocycles. The van der Waals surface area contributed by atoms with Crippen LogP contribution in [-0.4, -0.2) is 16.3 Å². The fourth-order valence-electron chi connectivity index (χ4n) is 1.07. The van der Waals surface area contributed by atoms with Crippen LogP contribution in [0.25, 0.3) is 0 Å². The van der Waals surface area contributed by atoms with E-state index in [-0.39, 0.29) is 6.42 Å². The standard InChI is InChI=1S/C9H18O2S/c1-2-3-5-8(12)6-4-7-9(10)11/h8,12H,2-7H2,1H3,(H,10,11). The van der Waals surface area contributed by atoms with Gasteiger partial charge in [0.1, 0.15) is 0 Å². The van der Waals surface area contributed by atoms with E-state index in [0.717, 1.165) is 19.3 Å². The lowest BCUT2D eigenvalue weighted by atomic mass is 10.1. The van der Waals surface area contributed by atoms with Gasteiger partial charge in [-0.05, 0) is 19.3 Å². The Bertz CT molecular complexity index is 126. The SMILES string of the molecule is CCCCC(S)CCCC(=O)O. The van der Waals surface area contributed by atoms with E-state index in [1.165, 1.54) is 12.8 Å². The van der Waals surface area contributed by atoms with Gasteiger partial charge in [0.15, 0.2) is 0 Å². The first-order valence-corrected chi connectivity index (χ1v) is 5.08. The molecule has 0 bridgehead atoms. The molecule has 3 heteroatoms. The van der Waals surface area contributed by atoms with E-state index in [1.54, 1.807) is 0 Å². The van der Waals surface area contributed by atoms with Crippen LogP contribution in [-0.2, 0) is 4.79 Å². The molecule has 0 aliphatic rings. The molecule has 0 saturated carbocycles. The molecule has 2 nitrogen and oxygen atoms in total. The monoisotopic (exact) mass is 190 g/mol. The molecule has 72 valence electrons. The first kappa shape index (κ1) is 11.8. The van der Waals surface area contributed by atoms with Crippen LogP contribution >= 0.6 is 12.6 Å². The third-order valence-electron chi connectivity index (χ3n) is 1.82. The van der Waals surface area contributed by atoms with Crippen molar-refractivity contribution in [1.29, 1.82) is 0 Å². The van der Waals surface area contributed by atoms with Crippen molar-refractivity contribution in [2.75, 3.05) is 0 Å². The summed E-state index contributed by atoms with van der Waals surface area (Å²) >= 11 is 4.37. The second-order valence-electron chi connectivity index (χ2n) is 3.08. The first-order valence-electron chi connectivity index (χ1n) is 4.56. The summed E-state index contributed by atoms with van der Waals surface area (Å²) in [5.74, 6) is -0.703. The number of hydrogen-bond acceptors (Lipinski definition) is 2. The Kier molecular flexibility index (Phi) is 7.36. The van der Waals surface area contributed by atoms with E-state index in [9.17, 15) is 4.79 Å². The molecule has 0 fully saturated rings. The molecule has 0 amide bonds. The van der Waals surface area contributed by atoms with Crippen LogP contribution in [0.1, 0.15) is 45.4 Å². The van der Waals surface area contributed by atoms with E-state index < -0.39 is 5.97 Å². The minimum absolute atomic E-state index is 0.281. The molecule has 0 aliphatic carbocycles. The molecule has 0 aromatic heterocycles. The third kappa shape index (κ3) is 7.92. The number of aliphatic carboxylic acids is 1. The Morgan fingerprint density at radius 3 is 2.50 bits per heavy atom. The Labute approximate surface area is 79.8 Å².